The molecule has 0 radical (unpaired) electrons. The molecule has 2 atom stereocenters. The smallest absolute Gasteiger partial charge is 0.335 e. The molecular weight excluding hydrogens is 308 g/mol. The van der Waals surface area contributed by atoms with Gasteiger partial charge < -0.3 is 25.2 Å². The van der Waals surface area contributed by atoms with E-state index in [0.717, 1.165) is 25.7 Å². The number of aliphatic hydroxyl groups is 2. The Morgan fingerprint density at radius 2 is 1.48 bits per heavy atom. The second kappa shape index (κ2) is 14.0. The predicted molar refractivity (Wildman–Crippen MR) is 81.8 cm³/mol. The van der Waals surface area contributed by atoms with Crippen LogP contribution in [0.2, 0.25) is 0 Å². The molecule has 2 unspecified atom stereocenters. The number of hydrogen-bond acceptors (Lipinski definition) is 6. The highest BCUT2D eigenvalue weighted by atomic mass is 16.5. The average molecular weight is 336 g/mol. The van der Waals surface area contributed by atoms with Gasteiger partial charge in [-0.25, -0.2) is 9.59 Å². The molecule has 0 heterocycles. The zero-order chi connectivity index (χ0) is 18.4. The van der Waals surface area contributed by atoms with Gasteiger partial charge >= 0.3 is 17.9 Å². The SMILES string of the molecule is CC(C)CCCCCOC(=O)C(O)CC(=O)O.CC(O)C(=O)O. The highest BCUT2D eigenvalue weighted by Crippen LogP contribution is 2.08. The summed E-state index contributed by atoms with van der Waals surface area (Å²) in [6.45, 7) is 5.75. The van der Waals surface area contributed by atoms with Crippen LogP contribution in [0.15, 0.2) is 0 Å². The Morgan fingerprint density at radius 3 is 1.87 bits per heavy atom. The maximum atomic E-state index is 11.1. The van der Waals surface area contributed by atoms with Crippen molar-refractivity contribution < 1.29 is 39.5 Å². The third-order valence-electron chi connectivity index (χ3n) is 2.67. The summed E-state index contributed by atoms with van der Waals surface area (Å²) in [4.78, 5) is 30.8. The monoisotopic (exact) mass is 336 g/mol. The van der Waals surface area contributed by atoms with Gasteiger partial charge in [-0.2, -0.15) is 0 Å². The minimum Gasteiger partial charge on any atom is -0.481 e. The predicted octanol–water partition coefficient (Wildman–Crippen LogP) is 1.03. The normalized spacial score (nSPS) is 12.8. The van der Waals surface area contributed by atoms with Crippen LogP contribution in [0.4, 0.5) is 0 Å². The first-order valence-electron chi connectivity index (χ1n) is 7.55. The number of rotatable bonds is 10. The van der Waals surface area contributed by atoms with Gasteiger partial charge in [0.05, 0.1) is 13.0 Å². The van der Waals surface area contributed by atoms with Crippen molar-refractivity contribution in [2.24, 2.45) is 5.92 Å². The molecule has 0 aromatic heterocycles. The number of aliphatic carboxylic acids is 2. The summed E-state index contributed by atoms with van der Waals surface area (Å²) < 4.78 is 4.76. The summed E-state index contributed by atoms with van der Waals surface area (Å²) in [6.07, 6.45) is 0.570. The van der Waals surface area contributed by atoms with Gasteiger partial charge in [-0.1, -0.05) is 33.1 Å². The lowest BCUT2D eigenvalue weighted by Crippen LogP contribution is -2.26. The van der Waals surface area contributed by atoms with Crippen LogP contribution in [-0.2, 0) is 19.1 Å². The van der Waals surface area contributed by atoms with E-state index in [0.29, 0.717) is 5.92 Å². The van der Waals surface area contributed by atoms with Crippen molar-refractivity contribution in [3.05, 3.63) is 0 Å². The molecule has 0 amide bonds. The van der Waals surface area contributed by atoms with Crippen molar-refractivity contribution in [2.75, 3.05) is 6.61 Å². The van der Waals surface area contributed by atoms with Crippen LogP contribution in [0.25, 0.3) is 0 Å². The van der Waals surface area contributed by atoms with Crippen LogP contribution in [-0.4, -0.2) is 57.1 Å². The molecule has 0 aromatic carbocycles. The summed E-state index contributed by atoms with van der Waals surface area (Å²) in [6, 6.07) is 0. The lowest BCUT2D eigenvalue weighted by atomic mass is 10.1. The Morgan fingerprint density at radius 1 is 0.957 bits per heavy atom. The van der Waals surface area contributed by atoms with Gasteiger partial charge in [0.25, 0.3) is 0 Å². The van der Waals surface area contributed by atoms with E-state index in [-0.39, 0.29) is 6.61 Å². The maximum Gasteiger partial charge on any atom is 0.335 e. The van der Waals surface area contributed by atoms with Gasteiger partial charge in [-0.05, 0) is 19.3 Å². The van der Waals surface area contributed by atoms with Crippen molar-refractivity contribution in [3.8, 4) is 0 Å². The highest BCUT2D eigenvalue weighted by Gasteiger charge is 2.19. The number of unbranched alkanes of at least 4 members (excludes halogenated alkanes) is 2. The quantitative estimate of drug-likeness (QED) is 0.342. The number of hydrogen-bond donors (Lipinski definition) is 4. The van der Waals surface area contributed by atoms with Gasteiger partial charge in [0.1, 0.15) is 6.10 Å². The van der Waals surface area contributed by atoms with Gasteiger partial charge in [0.15, 0.2) is 6.10 Å². The second-order valence-electron chi connectivity index (χ2n) is 5.54. The number of carboxylic acids is 2. The van der Waals surface area contributed by atoms with Crippen LogP contribution in [0, 0.1) is 5.92 Å². The van der Waals surface area contributed by atoms with Crippen LogP contribution < -0.4 is 0 Å². The van der Waals surface area contributed by atoms with Gasteiger partial charge in [0, 0.05) is 0 Å². The van der Waals surface area contributed by atoms with E-state index in [1.54, 1.807) is 0 Å². The summed E-state index contributed by atoms with van der Waals surface area (Å²) >= 11 is 0. The Bertz CT molecular complexity index is 351. The molecule has 0 aliphatic rings. The summed E-state index contributed by atoms with van der Waals surface area (Å²) in [7, 11) is 0. The van der Waals surface area contributed by atoms with Crippen molar-refractivity contribution in [1.82, 2.24) is 0 Å². The minimum atomic E-state index is -1.55. The maximum absolute atomic E-state index is 11.1. The Kier molecular flexibility index (Phi) is 14.3. The van der Waals surface area contributed by atoms with Crippen LogP contribution in [0.3, 0.4) is 0 Å². The number of ether oxygens (including phenoxy) is 1. The van der Waals surface area contributed by atoms with Crippen LogP contribution in [0.5, 0.6) is 0 Å². The van der Waals surface area contributed by atoms with E-state index in [1.807, 2.05) is 0 Å². The summed E-state index contributed by atoms with van der Waals surface area (Å²) in [5.41, 5.74) is 0. The standard InChI is InChI=1S/C12H22O5.C3H6O3/c1-9(2)6-4-3-5-7-17-12(16)10(13)8-11(14)15;1-2(4)3(5)6/h9-10,13H,3-8H2,1-2H3,(H,14,15);2,4H,1H3,(H,5,6). The largest absolute Gasteiger partial charge is 0.481 e. The fourth-order valence-electron chi connectivity index (χ4n) is 1.35. The summed E-state index contributed by atoms with van der Waals surface area (Å²) in [5, 5.41) is 33.2. The fourth-order valence-corrected chi connectivity index (χ4v) is 1.35. The number of esters is 1. The second-order valence-corrected chi connectivity index (χ2v) is 5.54. The van der Waals surface area contributed by atoms with E-state index in [1.165, 1.54) is 6.92 Å². The molecule has 0 spiro atoms. The molecular formula is C15H28O8. The van der Waals surface area contributed by atoms with Crippen molar-refractivity contribution >= 4 is 17.9 Å². The molecule has 0 saturated heterocycles. The zero-order valence-corrected chi connectivity index (χ0v) is 13.9. The molecule has 0 fully saturated rings. The Labute approximate surface area is 136 Å². The molecule has 8 nitrogen and oxygen atoms in total. The first-order valence-corrected chi connectivity index (χ1v) is 7.55. The first kappa shape index (κ1) is 23.6. The third-order valence-corrected chi connectivity index (χ3v) is 2.67. The molecule has 0 aromatic rings. The molecule has 0 saturated carbocycles. The minimum absolute atomic E-state index is 0.244. The number of carboxylic acid groups (broad SMARTS) is 2. The van der Waals surface area contributed by atoms with E-state index >= 15 is 0 Å². The molecule has 0 rings (SSSR count). The van der Waals surface area contributed by atoms with Gasteiger partial charge in [-0.15, -0.1) is 0 Å². The molecule has 0 bridgehead atoms. The molecule has 136 valence electrons. The van der Waals surface area contributed by atoms with E-state index < -0.39 is 36.5 Å². The molecule has 4 N–H and O–H groups in total. The number of aliphatic hydroxyl groups excluding tert-OH is 2. The van der Waals surface area contributed by atoms with Gasteiger partial charge in [-0.3, -0.25) is 4.79 Å². The van der Waals surface area contributed by atoms with E-state index in [9.17, 15) is 14.4 Å². The number of carbonyl (C=O) groups excluding carboxylic acids is 1. The van der Waals surface area contributed by atoms with Crippen LogP contribution in [0.1, 0.15) is 52.9 Å². The van der Waals surface area contributed by atoms with Crippen molar-refractivity contribution in [3.63, 3.8) is 0 Å². The van der Waals surface area contributed by atoms with Crippen molar-refractivity contribution in [1.29, 1.82) is 0 Å². The van der Waals surface area contributed by atoms with Gasteiger partial charge in [0.2, 0.25) is 0 Å². The third kappa shape index (κ3) is 18.3. The first-order chi connectivity index (χ1) is 10.6. The molecule has 0 aliphatic heterocycles. The Hall–Kier alpha value is -1.67. The van der Waals surface area contributed by atoms with Crippen LogP contribution >= 0.6 is 0 Å². The van der Waals surface area contributed by atoms with E-state index in [4.69, 9.17) is 25.2 Å². The molecule has 8 heteroatoms. The molecule has 0 aliphatic carbocycles. The lowest BCUT2D eigenvalue weighted by molar-refractivity contribution is -0.158. The topological polar surface area (TPSA) is 141 Å². The summed E-state index contributed by atoms with van der Waals surface area (Å²) in [5.74, 6) is -2.58. The average Bonchev–Trinajstić information content (AvgIpc) is 2.41. The molecule has 23 heavy (non-hydrogen) atoms. The lowest BCUT2D eigenvalue weighted by Gasteiger charge is -2.09. The fraction of sp³-hybridized carbons (Fsp3) is 0.800. The van der Waals surface area contributed by atoms with Crippen molar-refractivity contribution in [2.45, 2.75) is 65.1 Å². The highest BCUT2D eigenvalue weighted by molar-refractivity contribution is 5.80. The van der Waals surface area contributed by atoms with E-state index in [2.05, 4.69) is 13.8 Å². The number of carbonyl (C=O) groups is 3. The Balaban J connectivity index is 0. The zero-order valence-electron chi connectivity index (χ0n) is 13.9.